The number of amides is 2. The molecule has 0 fully saturated rings. The largest absolute Gasteiger partial charge is 0.416 e. The zero-order valence-corrected chi connectivity index (χ0v) is 26.3. The Kier molecular flexibility index (Phi) is 9.52. The summed E-state index contributed by atoms with van der Waals surface area (Å²) in [6.07, 6.45) is 2.72. The lowest BCUT2D eigenvalue weighted by atomic mass is 9.98. The Morgan fingerprint density at radius 1 is 0.917 bits per heavy atom. The van der Waals surface area contributed by atoms with E-state index in [0.29, 0.717) is 30.8 Å². The Morgan fingerprint density at radius 3 is 2.31 bits per heavy atom. The summed E-state index contributed by atoms with van der Waals surface area (Å²) in [6.45, 7) is 1.05. The van der Waals surface area contributed by atoms with E-state index >= 15 is 0 Å². The van der Waals surface area contributed by atoms with Gasteiger partial charge >= 0.3 is 6.18 Å². The van der Waals surface area contributed by atoms with Crippen LogP contribution in [0.2, 0.25) is 0 Å². The summed E-state index contributed by atoms with van der Waals surface area (Å²) in [6, 6.07) is 26.9. The van der Waals surface area contributed by atoms with Crippen LogP contribution in [-0.4, -0.2) is 49.0 Å². The molecule has 0 spiro atoms. The van der Waals surface area contributed by atoms with E-state index in [1.807, 2.05) is 66.7 Å². The third-order valence-electron chi connectivity index (χ3n) is 8.48. The van der Waals surface area contributed by atoms with Crippen molar-refractivity contribution in [2.45, 2.75) is 38.1 Å². The molecule has 2 amide bonds. The predicted octanol–water partition coefficient (Wildman–Crippen LogP) is 6.74. The molecule has 7 nitrogen and oxygen atoms in total. The van der Waals surface area contributed by atoms with Gasteiger partial charge in [-0.05, 0) is 65.1 Å². The third kappa shape index (κ3) is 7.71. The first-order chi connectivity index (χ1) is 23.1. The smallest absolute Gasteiger partial charge is 0.336 e. The number of hydrogen-bond donors (Lipinski definition) is 0. The van der Waals surface area contributed by atoms with Gasteiger partial charge in [0.25, 0.3) is 0 Å². The van der Waals surface area contributed by atoms with Crippen LogP contribution < -0.4 is 0 Å². The Bertz CT molecular complexity index is 1900. The summed E-state index contributed by atoms with van der Waals surface area (Å²) in [5.74, 6) is -0.646. The van der Waals surface area contributed by atoms with Gasteiger partial charge in [0.1, 0.15) is 6.04 Å². The second-order valence-corrected chi connectivity index (χ2v) is 11.8. The molecule has 48 heavy (non-hydrogen) atoms. The van der Waals surface area contributed by atoms with Crippen molar-refractivity contribution in [1.82, 2.24) is 24.6 Å². The van der Waals surface area contributed by atoms with E-state index in [1.165, 1.54) is 34.7 Å². The summed E-state index contributed by atoms with van der Waals surface area (Å²) in [5, 5.41) is 4.52. The van der Waals surface area contributed by atoms with Gasteiger partial charge in [0, 0.05) is 57.1 Å². The summed E-state index contributed by atoms with van der Waals surface area (Å²) in [4.78, 5) is 36.3. The Morgan fingerprint density at radius 2 is 1.65 bits per heavy atom. The van der Waals surface area contributed by atoms with Crippen LogP contribution in [0.4, 0.5) is 13.2 Å². The highest BCUT2D eigenvalue weighted by Crippen LogP contribution is 2.29. The second kappa shape index (κ2) is 14.1. The average Bonchev–Trinajstić information content (AvgIpc) is 3.52. The number of aryl methyl sites for hydroxylation is 1. The minimum atomic E-state index is -4.46. The monoisotopic (exact) mass is 649 g/mol. The molecule has 1 aliphatic heterocycles. The first-order valence-electron chi connectivity index (χ1n) is 15.6. The lowest BCUT2D eigenvalue weighted by molar-refractivity contribution is -0.144. The minimum absolute atomic E-state index is 0.117. The Balaban J connectivity index is 1.33. The molecule has 244 valence electrons. The SMILES string of the molecule is Cn1ccc(C[C@@H](C(=O)N2CCc3ccccc3C2)N(Cc2ccc(-c3ccccn3)cc2)C(=O)C=Cc2ccc(C(F)(F)F)cc2)n1. The molecule has 0 aliphatic carbocycles. The van der Waals surface area contributed by atoms with Gasteiger partial charge in [0.05, 0.1) is 17.0 Å². The maximum atomic E-state index is 14.5. The van der Waals surface area contributed by atoms with Crippen molar-refractivity contribution in [2.24, 2.45) is 7.05 Å². The average molecular weight is 650 g/mol. The van der Waals surface area contributed by atoms with Gasteiger partial charge in [0.15, 0.2) is 0 Å². The quantitative estimate of drug-likeness (QED) is 0.166. The molecule has 6 rings (SSSR count). The number of rotatable bonds is 9. The van der Waals surface area contributed by atoms with Crippen LogP contribution in [0.3, 0.4) is 0 Å². The van der Waals surface area contributed by atoms with Gasteiger partial charge in [-0.1, -0.05) is 66.7 Å². The first-order valence-corrected chi connectivity index (χ1v) is 15.6. The van der Waals surface area contributed by atoms with Gasteiger partial charge in [-0.3, -0.25) is 19.3 Å². The fourth-order valence-corrected chi connectivity index (χ4v) is 5.89. The number of fused-ring (bicyclic) bond motifs is 1. The van der Waals surface area contributed by atoms with E-state index in [2.05, 4.69) is 16.1 Å². The maximum absolute atomic E-state index is 14.5. The van der Waals surface area contributed by atoms with Gasteiger partial charge in [-0.25, -0.2) is 0 Å². The van der Waals surface area contributed by atoms with E-state index < -0.39 is 23.7 Å². The normalized spacial score (nSPS) is 13.7. The Hall–Kier alpha value is -5.51. The van der Waals surface area contributed by atoms with Crippen molar-refractivity contribution in [2.75, 3.05) is 6.54 Å². The van der Waals surface area contributed by atoms with Gasteiger partial charge < -0.3 is 9.80 Å². The fraction of sp³-hybridized carbons (Fsp3) is 0.211. The van der Waals surface area contributed by atoms with Crippen molar-refractivity contribution in [1.29, 1.82) is 0 Å². The highest BCUT2D eigenvalue weighted by atomic mass is 19.4. The number of aromatic nitrogens is 3. The molecule has 5 aromatic rings. The lowest BCUT2D eigenvalue weighted by Gasteiger charge is -2.36. The van der Waals surface area contributed by atoms with Crippen LogP contribution in [-0.2, 0) is 48.7 Å². The summed E-state index contributed by atoms with van der Waals surface area (Å²) in [5.41, 5.74) is 5.10. The molecule has 0 unspecified atom stereocenters. The molecule has 0 saturated heterocycles. The van der Waals surface area contributed by atoms with Crippen LogP contribution in [0.1, 0.15) is 33.5 Å². The number of nitrogens with zero attached hydrogens (tertiary/aromatic N) is 5. The molecule has 3 aromatic carbocycles. The van der Waals surface area contributed by atoms with Crippen LogP contribution in [0.15, 0.2) is 116 Å². The molecule has 0 N–H and O–H groups in total. The lowest BCUT2D eigenvalue weighted by Crippen LogP contribution is -2.52. The second-order valence-electron chi connectivity index (χ2n) is 11.8. The van der Waals surface area contributed by atoms with E-state index in [1.54, 1.807) is 29.0 Å². The van der Waals surface area contributed by atoms with Crippen LogP contribution in [0, 0.1) is 0 Å². The molecule has 3 heterocycles. The van der Waals surface area contributed by atoms with Gasteiger partial charge in [-0.15, -0.1) is 0 Å². The topological polar surface area (TPSA) is 71.3 Å². The van der Waals surface area contributed by atoms with Crippen molar-refractivity contribution in [3.05, 3.63) is 149 Å². The number of hydrogen-bond acceptors (Lipinski definition) is 4. The number of halogens is 3. The standard InChI is InChI=1S/C38H34F3N5O2/c1-44-22-20-33(43-44)24-35(37(48)45-23-19-29-6-2-3-7-31(29)26-45)46(25-28-9-14-30(15-10-28)34-8-4-5-21-42-34)36(47)18-13-27-11-16-32(17-12-27)38(39,40)41/h2-18,20-22,35H,19,23-26H2,1H3/t35-/m0/s1. The third-order valence-corrected chi connectivity index (χ3v) is 8.48. The molecular weight excluding hydrogens is 615 g/mol. The van der Waals surface area contributed by atoms with Gasteiger partial charge in [0.2, 0.25) is 11.8 Å². The van der Waals surface area contributed by atoms with E-state index in [0.717, 1.165) is 34.5 Å². The molecular formula is C38H34F3N5O2. The number of pyridine rings is 1. The molecule has 2 aromatic heterocycles. The summed E-state index contributed by atoms with van der Waals surface area (Å²) < 4.78 is 41.0. The van der Waals surface area contributed by atoms with Crippen molar-refractivity contribution in [3.8, 4) is 11.3 Å². The number of alkyl halides is 3. The first kappa shape index (κ1) is 32.4. The summed E-state index contributed by atoms with van der Waals surface area (Å²) >= 11 is 0. The van der Waals surface area contributed by atoms with E-state index in [9.17, 15) is 22.8 Å². The van der Waals surface area contributed by atoms with Crippen molar-refractivity contribution >= 4 is 17.9 Å². The molecule has 0 bridgehead atoms. The molecule has 1 aliphatic rings. The number of carbonyl (C=O) groups excluding carboxylic acids is 2. The van der Waals surface area contributed by atoms with Crippen LogP contribution in [0.25, 0.3) is 17.3 Å². The summed E-state index contributed by atoms with van der Waals surface area (Å²) in [7, 11) is 1.79. The highest BCUT2D eigenvalue weighted by molar-refractivity contribution is 5.95. The molecule has 1 atom stereocenters. The molecule has 10 heteroatoms. The zero-order chi connectivity index (χ0) is 33.7. The van der Waals surface area contributed by atoms with Crippen LogP contribution >= 0.6 is 0 Å². The number of benzene rings is 3. The Labute approximate surface area is 277 Å². The fourth-order valence-electron chi connectivity index (χ4n) is 5.89. The van der Waals surface area contributed by atoms with Crippen LogP contribution in [0.5, 0.6) is 0 Å². The highest BCUT2D eigenvalue weighted by Gasteiger charge is 2.35. The minimum Gasteiger partial charge on any atom is -0.336 e. The molecule has 0 saturated carbocycles. The van der Waals surface area contributed by atoms with Gasteiger partial charge in [-0.2, -0.15) is 18.3 Å². The zero-order valence-electron chi connectivity index (χ0n) is 26.3. The van der Waals surface area contributed by atoms with E-state index in [-0.39, 0.29) is 18.9 Å². The molecule has 0 radical (unpaired) electrons. The van der Waals surface area contributed by atoms with E-state index in [4.69, 9.17) is 0 Å². The van der Waals surface area contributed by atoms with Crippen molar-refractivity contribution < 1.29 is 22.8 Å². The van der Waals surface area contributed by atoms with Crippen molar-refractivity contribution in [3.63, 3.8) is 0 Å². The maximum Gasteiger partial charge on any atom is 0.416 e. The number of carbonyl (C=O) groups is 2. The predicted molar refractivity (Wildman–Crippen MR) is 177 cm³/mol.